The number of ether oxygens (including phenoxy) is 1. The molecule has 2 unspecified atom stereocenters. The first-order valence-corrected chi connectivity index (χ1v) is 11.5. The van der Waals surface area contributed by atoms with Gasteiger partial charge in [-0.2, -0.15) is 0 Å². The summed E-state index contributed by atoms with van der Waals surface area (Å²) in [4.78, 5) is 17.7. The largest absolute Gasteiger partial charge is 0.376 e. The molecule has 7 heteroatoms. The van der Waals surface area contributed by atoms with Crippen LogP contribution >= 0.6 is 11.3 Å². The van der Waals surface area contributed by atoms with Crippen molar-refractivity contribution in [2.24, 2.45) is 0 Å². The molecule has 0 amide bonds. The van der Waals surface area contributed by atoms with E-state index < -0.39 is 0 Å². The van der Waals surface area contributed by atoms with E-state index in [2.05, 4.69) is 45.7 Å². The minimum Gasteiger partial charge on any atom is -0.376 e. The van der Waals surface area contributed by atoms with Gasteiger partial charge in [-0.25, -0.2) is 9.97 Å². The van der Waals surface area contributed by atoms with Crippen LogP contribution in [-0.2, 0) is 4.74 Å². The highest BCUT2D eigenvalue weighted by molar-refractivity contribution is 7.10. The number of hydrogen-bond donors (Lipinski definition) is 1. The van der Waals surface area contributed by atoms with E-state index in [9.17, 15) is 0 Å². The summed E-state index contributed by atoms with van der Waals surface area (Å²) in [6.07, 6.45) is 3.81. The van der Waals surface area contributed by atoms with E-state index in [-0.39, 0.29) is 12.1 Å². The second-order valence-electron chi connectivity index (χ2n) is 7.74. The Kier molecular flexibility index (Phi) is 5.88. The van der Waals surface area contributed by atoms with Gasteiger partial charge in [0.1, 0.15) is 5.82 Å². The fourth-order valence-electron chi connectivity index (χ4n) is 4.05. The smallest absolute Gasteiger partial charge is 0.163 e. The van der Waals surface area contributed by atoms with Crippen LogP contribution in [0.3, 0.4) is 0 Å². The number of nitrogens with zero attached hydrogens (tertiary/aromatic N) is 4. The Morgan fingerprint density at radius 1 is 1.16 bits per heavy atom. The quantitative estimate of drug-likeness (QED) is 0.480. The van der Waals surface area contributed by atoms with Crippen LogP contribution < -0.4 is 5.32 Å². The third-order valence-corrected chi connectivity index (χ3v) is 6.54. The molecule has 4 heterocycles. The molecule has 0 aliphatic carbocycles. The van der Waals surface area contributed by atoms with E-state index in [1.165, 1.54) is 4.88 Å². The van der Waals surface area contributed by atoms with E-state index in [4.69, 9.17) is 14.7 Å². The molecule has 31 heavy (non-hydrogen) atoms. The van der Waals surface area contributed by atoms with E-state index in [0.717, 1.165) is 48.5 Å². The van der Waals surface area contributed by atoms with Crippen molar-refractivity contribution >= 4 is 28.1 Å². The summed E-state index contributed by atoms with van der Waals surface area (Å²) in [5.41, 5.74) is 1.83. The summed E-state index contributed by atoms with van der Waals surface area (Å²) in [5, 5.41) is 6.82. The molecule has 2 atom stereocenters. The third kappa shape index (κ3) is 4.44. The van der Waals surface area contributed by atoms with Crippen molar-refractivity contribution in [1.29, 1.82) is 0 Å². The molecular weight excluding hydrogens is 406 g/mol. The third-order valence-electron chi connectivity index (χ3n) is 5.57. The highest BCUT2D eigenvalue weighted by atomic mass is 32.1. The average molecular weight is 432 g/mol. The molecule has 1 aliphatic heterocycles. The molecular formula is C24H25N5OS. The Morgan fingerprint density at radius 2 is 2.10 bits per heavy atom. The van der Waals surface area contributed by atoms with Crippen molar-refractivity contribution in [3.05, 3.63) is 71.2 Å². The number of thiophene rings is 1. The molecule has 3 aromatic heterocycles. The topological polar surface area (TPSA) is 63.2 Å². The summed E-state index contributed by atoms with van der Waals surface area (Å²) >= 11 is 1.80. The molecule has 1 saturated heterocycles. The van der Waals surface area contributed by atoms with Gasteiger partial charge in [-0.3, -0.25) is 9.88 Å². The predicted molar refractivity (Wildman–Crippen MR) is 125 cm³/mol. The first-order valence-electron chi connectivity index (χ1n) is 10.6. The fourth-order valence-corrected chi connectivity index (χ4v) is 4.91. The zero-order valence-electron chi connectivity index (χ0n) is 17.4. The number of morpholine rings is 1. The normalized spacial score (nSPS) is 18.2. The number of pyridine rings is 1. The molecule has 5 rings (SSSR count). The maximum absolute atomic E-state index is 5.78. The predicted octanol–water partition coefficient (Wildman–Crippen LogP) is 4.63. The Bertz CT molecular complexity index is 1140. The number of hydrogen-bond acceptors (Lipinski definition) is 7. The van der Waals surface area contributed by atoms with Crippen molar-refractivity contribution in [1.82, 2.24) is 19.9 Å². The zero-order valence-corrected chi connectivity index (χ0v) is 18.3. The van der Waals surface area contributed by atoms with Crippen molar-refractivity contribution in [3.63, 3.8) is 0 Å². The van der Waals surface area contributed by atoms with Crippen molar-refractivity contribution < 1.29 is 4.74 Å². The molecule has 0 bridgehead atoms. The first-order chi connectivity index (χ1) is 15.3. The maximum Gasteiger partial charge on any atom is 0.163 e. The van der Waals surface area contributed by atoms with E-state index >= 15 is 0 Å². The monoisotopic (exact) mass is 431 g/mol. The van der Waals surface area contributed by atoms with Gasteiger partial charge in [0.15, 0.2) is 5.82 Å². The van der Waals surface area contributed by atoms with Gasteiger partial charge in [-0.05, 0) is 42.6 Å². The van der Waals surface area contributed by atoms with Gasteiger partial charge in [0.2, 0.25) is 0 Å². The Balaban J connectivity index is 1.47. The molecule has 0 spiro atoms. The molecule has 1 fully saturated rings. The van der Waals surface area contributed by atoms with Gasteiger partial charge in [-0.1, -0.05) is 18.2 Å². The van der Waals surface area contributed by atoms with Gasteiger partial charge in [0.25, 0.3) is 0 Å². The maximum atomic E-state index is 5.78. The second-order valence-corrected chi connectivity index (χ2v) is 8.72. The van der Waals surface area contributed by atoms with Crippen LogP contribution in [0.2, 0.25) is 0 Å². The number of benzene rings is 1. The summed E-state index contributed by atoms with van der Waals surface area (Å²) < 4.78 is 5.78. The molecule has 1 N–H and O–H groups in total. The molecule has 4 aromatic rings. The Morgan fingerprint density at radius 3 is 2.90 bits per heavy atom. The van der Waals surface area contributed by atoms with Crippen LogP contribution in [0.15, 0.2) is 66.3 Å². The van der Waals surface area contributed by atoms with Crippen molar-refractivity contribution in [2.45, 2.75) is 19.1 Å². The molecule has 1 aliphatic rings. The number of aromatic nitrogens is 3. The van der Waals surface area contributed by atoms with Gasteiger partial charge in [0, 0.05) is 47.9 Å². The summed E-state index contributed by atoms with van der Waals surface area (Å²) in [7, 11) is 0. The summed E-state index contributed by atoms with van der Waals surface area (Å²) in [5.74, 6) is 1.54. The minimum atomic E-state index is 0.244. The van der Waals surface area contributed by atoms with Crippen LogP contribution in [0.1, 0.15) is 17.8 Å². The SMILES string of the molecule is CC1CN(C(CNc2nc(-c3cccnc3)nc3ccccc23)c2cccs2)CCO1. The first kappa shape index (κ1) is 20.1. The van der Waals surface area contributed by atoms with Crippen LogP contribution in [0.4, 0.5) is 5.82 Å². The van der Waals surface area contributed by atoms with E-state index in [0.29, 0.717) is 5.82 Å². The average Bonchev–Trinajstić information content (AvgIpc) is 3.34. The lowest BCUT2D eigenvalue weighted by molar-refractivity contribution is -0.0322. The standard InChI is InChI=1S/C24H25N5OS/c1-17-16-29(11-12-30-17)21(22-9-5-13-31-22)15-26-24-19-7-2-3-8-20(19)27-23(28-24)18-6-4-10-25-14-18/h2-10,13-14,17,21H,11-12,15-16H2,1H3,(H,26,27,28). The molecule has 158 valence electrons. The number of para-hydroxylation sites is 1. The van der Waals surface area contributed by atoms with Crippen LogP contribution in [0.5, 0.6) is 0 Å². The van der Waals surface area contributed by atoms with Gasteiger partial charge in [0.05, 0.1) is 24.3 Å². The van der Waals surface area contributed by atoms with Gasteiger partial charge in [-0.15, -0.1) is 11.3 Å². The summed E-state index contributed by atoms with van der Waals surface area (Å²) in [6, 6.07) is 16.6. The molecule has 0 radical (unpaired) electrons. The molecule has 6 nitrogen and oxygen atoms in total. The number of rotatable bonds is 6. The van der Waals surface area contributed by atoms with Gasteiger partial charge >= 0.3 is 0 Å². The Hall–Kier alpha value is -2.87. The zero-order chi connectivity index (χ0) is 21.0. The number of anilines is 1. The number of fused-ring (bicyclic) bond motifs is 1. The molecule has 0 saturated carbocycles. The Labute approximate surface area is 185 Å². The van der Waals surface area contributed by atoms with Crippen molar-refractivity contribution in [3.8, 4) is 11.4 Å². The highest BCUT2D eigenvalue weighted by Crippen LogP contribution is 2.29. The minimum absolute atomic E-state index is 0.244. The number of nitrogens with one attached hydrogen (secondary N) is 1. The second kappa shape index (κ2) is 9.09. The van der Waals surface area contributed by atoms with Crippen LogP contribution in [0.25, 0.3) is 22.3 Å². The van der Waals surface area contributed by atoms with Crippen LogP contribution in [0, 0.1) is 0 Å². The fraction of sp³-hybridized carbons (Fsp3) is 0.292. The van der Waals surface area contributed by atoms with Crippen molar-refractivity contribution in [2.75, 3.05) is 31.6 Å². The van der Waals surface area contributed by atoms with Crippen LogP contribution in [-0.4, -0.2) is 52.2 Å². The molecule has 1 aromatic carbocycles. The summed E-state index contributed by atoms with van der Waals surface area (Å²) in [6.45, 7) is 5.53. The van der Waals surface area contributed by atoms with E-state index in [1.807, 2.05) is 30.3 Å². The van der Waals surface area contributed by atoms with E-state index in [1.54, 1.807) is 23.7 Å². The highest BCUT2D eigenvalue weighted by Gasteiger charge is 2.26. The lowest BCUT2D eigenvalue weighted by atomic mass is 10.1. The lowest BCUT2D eigenvalue weighted by Crippen LogP contribution is -2.44. The van der Waals surface area contributed by atoms with Gasteiger partial charge < -0.3 is 10.1 Å². The lowest BCUT2D eigenvalue weighted by Gasteiger charge is -2.37.